The van der Waals surface area contributed by atoms with Gasteiger partial charge in [-0.3, -0.25) is 0 Å². The Balaban J connectivity index is 1.18. The Hall–Kier alpha value is -6.56. The minimum atomic E-state index is -2.96. The zero-order valence-electron chi connectivity index (χ0n) is 41.6. The second-order valence-corrected chi connectivity index (χ2v) is 27.0. The highest BCUT2D eigenvalue weighted by atomic mass is 28.3. The lowest BCUT2D eigenvalue weighted by Gasteiger charge is -2.53. The molecule has 0 radical (unpaired) electrons. The quantitative estimate of drug-likeness (QED) is 0.159. The standard InChI is InChI=1S/C64H62BN3Si/c1-61(2,3)43-31-35-45(36-32-43)66-52-27-19-29-56-59(52)65-58-54(66)41-47(68-51-26-16-15-25-50(51)63(7)39-17-18-40-64(63,68)8)42-55(58)67(46-37-33-44(34-38-46)62(4,5)6)53-28-20-30-57(60(53)65)69(56,48-21-11-9-12-22-48)49-23-13-10-14-24-49/h9-16,19-38,41-42H,17-18,39-40H2,1-8H3. The maximum absolute atomic E-state index is 2.96. The van der Waals surface area contributed by atoms with Gasteiger partial charge in [0.05, 0.1) is 5.54 Å². The van der Waals surface area contributed by atoms with Crippen LogP contribution in [-0.2, 0) is 16.2 Å². The molecule has 69 heavy (non-hydrogen) atoms. The van der Waals surface area contributed by atoms with Gasteiger partial charge < -0.3 is 14.7 Å². The van der Waals surface area contributed by atoms with Crippen molar-refractivity contribution in [3.05, 3.63) is 199 Å². The number of hydrogen-bond acceptors (Lipinski definition) is 3. The molecule has 340 valence electrons. The number of para-hydroxylation sites is 1. The summed E-state index contributed by atoms with van der Waals surface area (Å²) >= 11 is 0. The van der Waals surface area contributed by atoms with E-state index < -0.39 is 8.07 Å². The molecule has 4 aliphatic heterocycles. The molecule has 3 nitrogen and oxygen atoms in total. The van der Waals surface area contributed by atoms with Crippen molar-refractivity contribution in [1.82, 2.24) is 0 Å². The Bertz CT molecular complexity index is 3170. The third kappa shape index (κ3) is 5.74. The third-order valence-corrected chi connectivity index (χ3v) is 22.5. The molecule has 0 bridgehead atoms. The minimum absolute atomic E-state index is 0.0229. The Labute approximate surface area is 411 Å². The molecule has 5 heteroatoms. The minimum Gasteiger partial charge on any atom is -0.334 e. The fraction of sp³-hybridized carbons (Fsp3) is 0.250. The van der Waals surface area contributed by atoms with Crippen LogP contribution in [0.25, 0.3) is 0 Å². The summed E-state index contributed by atoms with van der Waals surface area (Å²) in [6.45, 7) is 19.1. The Morgan fingerprint density at radius 3 is 1.38 bits per heavy atom. The molecule has 1 aliphatic carbocycles. The molecule has 0 N–H and O–H groups in total. The van der Waals surface area contributed by atoms with Crippen LogP contribution in [0.1, 0.15) is 97.8 Å². The van der Waals surface area contributed by atoms with Crippen LogP contribution in [0.4, 0.5) is 45.5 Å². The zero-order chi connectivity index (χ0) is 47.2. The van der Waals surface area contributed by atoms with Crippen molar-refractivity contribution in [3.8, 4) is 0 Å². The predicted molar refractivity (Wildman–Crippen MR) is 298 cm³/mol. The normalized spacial score (nSPS) is 20.3. The molecule has 8 aromatic carbocycles. The molecule has 8 aromatic rings. The summed E-state index contributed by atoms with van der Waals surface area (Å²) in [7, 11) is -2.96. The van der Waals surface area contributed by atoms with Crippen LogP contribution in [0.15, 0.2) is 182 Å². The van der Waals surface area contributed by atoms with Gasteiger partial charge in [-0.1, -0.05) is 189 Å². The van der Waals surface area contributed by atoms with Crippen molar-refractivity contribution in [2.75, 3.05) is 14.7 Å². The highest BCUT2D eigenvalue weighted by Gasteiger charge is 2.59. The highest BCUT2D eigenvalue weighted by molar-refractivity contribution is 7.27. The monoisotopic (exact) mass is 911 g/mol. The van der Waals surface area contributed by atoms with Gasteiger partial charge in [0.15, 0.2) is 8.07 Å². The van der Waals surface area contributed by atoms with Gasteiger partial charge in [0.1, 0.15) is 0 Å². The molecule has 0 spiro atoms. The van der Waals surface area contributed by atoms with Crippen molar-refractivity contribution < 1.29 is 0 Å². The lowest BCUT2D eigenvalue weighted by atomic mass is 9.33. The van der Waals surface area contributed by atoms with E-state index in [-0.39, 0.29) is 28.5 Å². The van der Waals surface area contributed by atoms with Crippen LogP contribution in [0.5, 0.6) is 0 Å². The molecule has 4 heterocycles. The van der Waals surface area contributed by atoms with Crippen molar-refractivity contribution in [2.24, 2.45) is 0 Å². The first kappa shape index (κ1) is 42.5. The van der Waals surface area contributed by atoms with Crippen LogP contribution in [-0.4, -0.2) is 20.3 Å². The molecule has 13 rings (SSSR count). The number of anilines is 8. The van der Waals surface area contributed by atoms with E-state index in [0.717, 1.165) is 6.42 Å². The van der Waals surface area contributed by atoms with E-state index in [4.69, 9.17) is 0 Å². The molecule has 0 saturated heterocycles. The first-order valence-corrected chi connectivity index (χ1v) is 27.5. The fourth-order valence-corrected chi connectivity index (χ4v) is 19.3. The Kier molecular flexibility index (Phi) is 9.08. The van der Waals surface area contributed by atoms with Gasteiger partial charge in [0.25, 0.3) is 6.71 Å². The van der Waals surface area contributed by atoms with Crippen molar-refractivity contribution in [1.29, 1.82) is 0 Å². The molecule has 2 unspecified atom stereocenters. The summed E-state index contributed by atoms with van der Waals surface area (Å²) in [5.41, 5.74) is 18.6. The van der Waals surface area contributed by atoms with E-state index in [1.807, 2.05) is 0 Å². The summed E-state index contributed by atoms with van der Waals surface area (Å²) in [6, 6.07) is 71.5. The Morgan fingerprint density at radius 1 is 0.435 bits per heavy atom. The molecule has 1 saturated carbocycles. The maximum Gasteiger partial charge on any atom is 0.251 e. The molecule has 0 aromatic heterocycles. The van der Waals surface area contributed by atoms with Crippen LogP contribution in [0, 0.1) is 0 Å². The lowest BCUT2D eigenvalue weighted by Crippen LogP contribution is -2.88. The largest absolute Gasteiger partial charge is 0.334 e. The summed E-state index contributed by atoms with van der Waals surface area (Å²) < 4.78 is 0. The van der Waals surface area contributed by atoms with Crippen molar-refractivity contribution in [2.45, 2.75) is 103 Å². The van der Waals surface area contributed by atoms with Crippen LogP contribution in [0.2, 0.25) is 0 Å². The van der Waals surface area contributed by atoms with Crippen molar-refractivity contribution in [3.63, 3.8) is 0 Å². The van der Waals surface area contributed by atoms with Gasteiger partial charge in [-0.05, 0) is 139 Å². The van der Waals surface area contributed by atoms with Gasteiger partial charge >= 0.3 is 0 Å². The average Bonchev–Trinajstić information content (AvgIpc) is 3.57. The van der Waals surface area contributed by atoms with Gasteiger partial charge in [0, 0.05) is 50.9 Å². The SMILES string of the molecule is CC(C)(C)c1ccc(N2c3cc(N4c5ccccc5C5(C)CCCCC45C)cc4c3B3c5c2cccc5[Si](c2ccccc2)(c2ccccc2)c2cccc(c23)N4c2ccc(C(C)(C)C)cc2)cc1. The molecular formula is C64H62BN3Si. The van der Waals surface area contributed by atoms with E-state index in [0.29, 0.717) is 0 Å². The van der Waals surface area contributed by atoms with E-state index >= 15 is 0 Å². The molecule has 1 fully saturated rings. The van der Waals surface area contributed by atoms with Crippen LogP contribution in [0.3, 0.4) is 0 Å². The number of nitrogens with zero attached hydrogens (tertiary/aromatic N) is 3. The Morgan fingerprint density at radius 2 is 0.884 bits per heavy atom. The molecule has 5 aliphatic rings. The maximum atomic E-state index is 2.79. The average molecular weight is 912 g/mol. The summed E-state index contributed by atoms with van der Waals surface area (Å²) in [4.78, 5) is 8.13. The van der Waals surface area contributed by atoms with Gasteiger partial charge in [0.2, 0.25) is 0 Å². The number of hydrogen-bond donors (Lipinski definition) is 0. The van der Waals surface area contributed by atoms with Crippen LogP contribution >= 0.6 is 0 Å². The first-order valence-electron chi connectivity index (χ1n) is 25.5. The van der Waals surface area contributed by atoms with Gasteiger partial charge in [-0.2, -0.15) is 0 Å². The fourth-order valence-electron chi connectivity index (χ4n) is 14.0. The lowest BCUT2D eigenvalue weighted by molar-refractivity contribution is 0.195. The highest BCUT2D eigenvalue weighted by Crippen LogP contribution is 2.61. The molecule has 0 amide bonds. The topological polar surface area (TPSA) is 9.72 Å². The smallest absolute Gasteiger partial charge is 0.251 e. The van der Waals surface area contributed by atoms with E-state index in [9.17, 15) is 0 Å². The molecular weight excluding hydrogens is 850 g/mol. The molecule has 2 atom stereocenters. The third-order valence-electron chi connectivity index (χ3n) is 17.6. The second kappa shape index (κ2) is 14.7. The summed E-state index contributed by atoms with van der Waals surface area (Å²) in [5.74, 6) is 0. The summed E-state index contributed by atoms with van der Waals surface area (Å²) in [5, 5.41) is 5.82. The first-order chi connectivity index (χ1) is 33.2. The van der Waals surface area contributed by atoms with Crippen LogP contribution < -0.4 is 51.8 Å². The number of rotatable bonds is 5. The van der Waals surface area contributed by atoms with E-state index in [2.05, 4.69) is 252 Å². The number of fused-ring (bicyclic) bond motifs is 3. The predicted octanol–water partition coefficient (Wildman–Crippen LogP) is 11.8. The van der Waals surface area contributed by atoms with E-state index in [1.165, 1.54) is 119 Å². The van der Waals surface area contributed by atoms with Crippen molar-refractivity contribution >= 4 is 97.4 Å². The van der Waals surface area contributed by atoms with Gasteiger partial charge in [-0.15, -0.1) is 0 Å². The van der Waals surface area contributed by atoms with E-state index in [1.54, 1.807) is 0 Å². The second-order valence-electron chi connectivity index (χ2n) is 23.2. The zero-order valence-corrected chi connectivity index (χ0v) is 42.6. The van der Waals surface area contributed by atoms with Gasteiger partial charge in [-0.25, -0.2) is 0 Å². The summed E-state index contributed by atoms with van der Waals surface area (Å²) in [6.07, 6.45) is 4.83. The number of benzene rings is 8.